The van der Waals surface area contributed by atoms with Crippen LogP contribution in [0.1, 0.15) is 39.0 Å². The molecule has 1 N–H and O–H groups in total. The van der Waals surface area contributed by atoms with Gasteiger partial charge in [0.1, 0.15) is 6.17 Å². The number of rotatable bonds is 3. The quantitative estimate of drug-likeness (QED) is 0.691. The first-order valence-corrected chi connectivity index (χ1v) is 5.19. The molecule has 1 aliphatic rings. The molecule has 1 aliphatic heterocycles. The van der Waals surface area contributed by atoms with Crippen molar-refractivity contribution in [1.82, 2.24) is 5.32 Å². The fraction of sp³-hybridized carbons (Fsp3) is 1.00. The highest BCUT2D eigenvalue weighted by molar-refractivity contribution is 4.73. The van der Waals surface area contributed by atoms with Gasteiger partial charge in [-0.15, -0.1) is 0 Å². The van der Waals surface area contributed by atoms with Gasteiger partial charge < -0.3 is 5.32 Å². The lowest BCUT2D eigenvalue weighted by atomic mass is 9.93. The van der Waals surface area contributed by atoms with Crippen LogP contribution in [0.15, 0.2) is 0 Å². The van der Waals surface area contributed by atoms with E-state index in [1.165, 1.54) is 0 Å². The topological polar surface area (TPSA) is 12.0 Å². The molecule has 0 aromatic carbocycles. The Morgan fingerprint density at radius 2 is 2.25 bits per heavy atom. The molecule has 0 aliphatic carbocycles. The van der Waals surface area contributed by atoms with Gasteiger partial charge in [-0.2, -0.15) is 0 Å². The van der Waals surface area contributed by atoms with E-state index in [1.54, 1.807) is 0 Å². The Morgan fingerprint density at radius 3 is 3.00 bits per heavy atom. The normalized spacial score (nSPS) is 28.0. The fourth-order valence-corrected chi connectivity index (χ4v) is 1.92. The van der Waals surface area contributed by atoms with E-state index < -0.39 is 6.17 Å². The second-order valence-electron chi connectivity index (χ2n) is 3.75. The molecular formula is C10H20FN. The van der Waals surface area contributed by atoms with Gasteiger partial charge in [0.05, 0.1) is 0 Å². The second-order valence-corrected chi connectivity index (χ2v) is 3.75. The summed E-state index contributed by atoms with van der Waals surface area (Å²) < 4.78 is 13.4. The Bertz CT molecular complexity index is 108. The van der Waals surface area contributed by atoms with Crippen molar-refractivity contribution in [2.45, 2.75) is 45.2 Å². The molecule has 2 heteroatoms. The first-order chi connectivity index (χ1) is 5.84. The largest absolute Gasteiger partial charge is 0.317 e. The van der Waals surface area contributed by atoms with E-state index in [0.717, 1.165) is 45.2 Å². The maximum absolute atomic E-state index is 13.4. The van der Waals surface area contributed by atoms with E-state index in [9.17, 15) is 4.39 Å². The third kappa shape index (κ3) is 3.10. The fourth-order valence-electron chi connectivity index (χ4n) is 1.92. The maximum atomic E-state index is 13.4. The minimum absolute atomic E-state index is 0.333. The summed E-state index contributed by atoms with van der Waals surface area (Å²) in [6, 6.07) is 0. The highest BCUT2D eigenvalue weighted by Crippen LogP contribution is 2.23. The summed E-state index contributed by atoms with van der Waals surface area (Å²) in [6.07, 6.45) is 4.44. The molecule has 0 amide bonds. The Balaban J connectivity index is 2.27. The summed E-state index contributed by atoms with van der Waals surface area (Å²) in [5.74, 6) is 0.333. The molecule has 0 aromatic heterocycles. The van der Waals surface area contributed by atoms with E-state index in [1.807, 2.05) is 0 Å². The number of hydrogen-bond donors (Lipinski definition) is 1. The van der Waals surface area contributed by atoms with Crippen molar-refractivity contribution >= 4 is 0 Å². The molecule has 0 spiro atoms. The van der Waals surface area contributed by atoms with E-state index in [2.05, 4.69) is 12.2 Å². The van der Waals surface area contributed by atoms with Gasteiger partial charge in [-0.05, 0) is 44.7 Å². The van der Waals surface area contributed by atoms with E-state index >= 15 is 0 Å². The highest BCUT2D eigenvalue weighted by atomic mass is 19.1. The van der Waals surface area contributed by atoms with Crippen LogP contribution in [-0.2, 0) is 0 Å². The summed E-state index contributed by atoms with van der Waals surface area (Å²) in [6.45, 7) is 4.14. The summed E-state index contributed by atoms with van der Waals surface area (Å²) in [4.78, 5) is 0. The first-order valence-electron chi connectivity index (χ1n) is 5.19. The van der Waals surface area contributed by atoms with Gasteiger partial charge in [0.2, 0.25) is 0 Å². The number of alkyl halides is 1. The van der Waals surface area contributed by atoms with Crippen LogP contribution in [0.25, 0.3) is 0 Å². The van der Waals surface area contributed by atoms with Crippen LogP contribution >= 0.6 is 0 Å². The number of nitrogens with one attached hydrogen (secondary N) is 1. The molecule has 1 rings (SSSR count). The van der Waals surface area contributed by atoms with Gasteiger partial charge >= 0.3 is 0 Å². The average Bonchev–Trinajstić information content (AvgIpc) is 2.32. The van der Waals surface area contributed by atoms with Crippen LogP contribution in [-0.4, -0.2) is 19.3 Å². The van der Waals surface area contributed by atoms with Crippen molar-refractivity contribution in [3.8, 4) is 0 Å². The van der Waals surface area contributed by atoms with Gasteiger partial charge in [-0.1, -0.05) is 13.3 Å². The van der Waals surface area contributed by atoms with Gasteiger partial charge in [-0.3, -0.25) is 0 Å². The van der Waals surface area contributed by atoms with Crippen molar-refractivity contribution in [3.63, 3.8) is 0 Å². The van der Waals surface area contributed by atoms with Crippen LogP contribution in [0, 0.1) is 5.92 Å². The maximum Gasteiger partial charge on any atom is 0.103 e. The van der Waals surface area contributed by atoms with E-state index in [0.29, 0.717) is 5.92 Å². The predicted octanol–water partition coefficient (Wildman–Crippen LogP) is 2.51. The zero-order chi connectivity index (χ0) is 8.81. The van der Waals surface area contributed by atoms with E-state index in [-0.39, 0.29) is 0 Å². The van der Waals surface area contributed by atoms with Crippen LogP contribution in [0.3, 0.4) is 0 Å². The smallest absolute Gasteiger partial charge is 0.103 e. The molecule has 1 nitrogen and oxygen atoms in total. The third-order valence-electron chi connectivity index (χ3n) is 2.70. The summed E-state index contributed by atoms with van der Waals surface area (Å²) in [5, 5.41) is 3.31. The Labute approximate surface area is 74.7 Å². The monoisotopic (exact) mass is 173 g/mol. The number of halogens is 1. The Morgan fingerprint density at radius 1 is 1.42 bits per heavy atom. The van der Waals surface area contributed by atoms with Crippen molar-refractivity contribution in [2.24, 2.45) is 5.92 Å². The molecule has 72 valence electrons. The van der Waals surface area contributed by atoms with Gasteiger partial charge in [0.25, 0.3) is 0 Å². The SMILES string of the molecule is CCCC(F)C1CCCNCC1. The second kappa shape index (κ2) is 5.52. The molecule has 0 bridgehead atoms. The van der Waals surface area contributed by atoms with Crippen molar-refractivity contribution in [3.05, 3.63) is 0 Å². The lowest BCUT2D eigenvalue weighted by Gasteiger charge is -2.17. The Kier molecular flexibility index (Phi) is 4.59. The third-order valence-corrected chi connectivity index (χ3v) is 2.70. The summed E-state index contributed by atoms with van der Waals surface area (Å²) >= 11 is 0. The molecule has 2 unspecified atom stereocenters. The first kappa shape index (κ1) is 9.97. The minimum atomic E-state index is -0.546. The predicted molar refractivity (Wildman–Crippen MR) is 50.0 cm³/mol. The molecular weight excluding hydrogens is 153 g/mol. The zero-order valence-corrected chi connectivity index (χ0v) is 7.98. The van der Waals surface area contributed by atoms with Crippen LogP contribution in [0.2, 0.25) is 0 Å². The van der Waals surface area contributed by atoms with E-state index in [4.69, 9.17) is 0 Å². The van der Waals surface area contributed by atoms with Crippen molar-refractivity contribution < 1.29 is 4.39 Å². The van der Waals surface area contributed by atoms with Crippen LogP contribution < -0.4 is 5.32 Å². The molecule has 1 saturated heterocycles. The van der Waals surface area contributed by atoms with Crippen molar-refractivity contribution in [2.75, 3.05) is 13.1 Å². The van der Waals surface area contributed by atoms with Gasteiger partial charge in [0, 0.05) is 0 Å². The lowest BCUT2D eigenvalue weighted by molar-refractivity contribution is 0.198. The highest BCUT2D eigenvalue weighted by Gasteiger charge is 2.20. The molecule has 0 aromatic rings. The standard InChI is InChI=1S/C10H20FN/c1-2-4-10(11)9-5-3-7-12-8-6-9/h9-10,12H,2-8H2,1H3. The molecule has 1 heterocycles. The molecule has 0 radical (unpaired) electrons. The molecule has 2 atom stereocenters. The Hall–Kier alpha value is -0.110. The van der Waals surface area contributed by atoms with Crippen LogP contribution in [0.5, 0.6) is 0 Å². The van der Waals surface area contributed by atoms with Crippen LogP contribution in [0.4, 0.5) is 4.39 Å². The zero-order valence-electron chi connectivity index (χ0n) is 7.98. The lowest BCUT2D eigenvalue weighted by Crippen LogP contribution is -2.18. The average molecular weight is 173 g/mol. The molecule has 1 fully saturated rings. The molecule has 12 heavy (non-hydrogen) atoms. The van der Waals surface area contributed by atoms with Crippen molar-refractivity contribution in [1.29, 1.82) is 0 Å². The molecule has 0 saturated carbocycles. The minimum Gasteiger partial charge on any atom is -0.317 e. The summed E-state index contributed by atoms with van der Waals surface area (Å²) in [7, 11) is 0. The summed E-state index contributed by atoms with van der Waals surface area (Å²) in [5.41, 5.74) is 0. The number of hydrogen-bond acceptors (Lipinski definition) is 1. The van der Waals surface area contributed by atoms with Gasteiger partial charge in [-0.25, -0.2) is 4.39 Å². The van der Waals surface area contributed by atoms with Gasteiger partial charge in [0.15, 0.2) is 0 Å².